The van der Waals surface area contributed by atoms with Crippen molar-refractivity contribution < 1.29 is 14.4 Å². The Kier molecular flexibility index (Phi) is 5.51. The fraction of sp³-hybridized carbons (Fsp3) is 0.526. The first-order valence-electron chi connectivity index (χ1n) is 9.04. The minimum absolute atomic E-state index is 0.116. The third-order valence-electron chi connectivity index (χ3n) is 5.24. The Bertz CT molecular complexity index is 716. The molecule has 0 atom stereocenters. The molecule has 26 heavy (non-hydrogen) atoms. The largest absolute Gasteiger partial charge is 0.341 e. The van der Waals surface area contributed by atoms with Crippen LogP contribution in [-0.4, -0.2) is 46.8 Å². The van der Waals surface area contributed by atoms with Crippen molar-refractivity contribution in [1.29, 1.82) is 0 Å². The molecule has 1 N–H and O–H groups in total. The molecule has 1 spiro atoms. The second-order valence-corrected chi connectivity index (χ2v) is 7.60. The summed E-state index contributed by atoms with van der Waals surface area (Å²) in [5.74, 6) is -0.289. The van der Waals surface area contributed by atoms with Gasteiger partial charge in [-0.2, -0.15) is 0 Å². The van der Waals surface area contributed by atoms with Gasteiger partial charge in [-0.25, -0.2) is 4.79 Å². The number of rotatable bonds is 5. The maximum atomic E-state index is 12.7. The van der Waals surface area contributed by atoms with Crippen molar-refractivity contribution in [3.63, 3.8) is 0 Å². The second-order valence-electron chi connectivity index (χ2n) is 7.16. The molecule has 1 aliphatic heterocycles. The number of halogens is 1. The lowest BCUT2D eigenvalue weighted by molar-refractivity contribution is -0.134. The lowest BCUT2D eigenvalue weighted by Crippen LogP contribution is -2.48. The van der Waals surface area contributed by atoms with E-state index in [0.717, 1.165) is 24.8 Å². The Hall–Kier alpha value is -2.08. The van der Waals surface area contributed by atoms with E-state index in [1.165, 1.54) is 4.90 Å². The standard InChI is InChI=1S/C19H24ClN3O3/c1-22(13-14-6-5-7-15(20)12-14)16(24)8-11-23-17(25)19(21-18(23)26)9-3-2-4-10-19/h5-7,12H,2-4,8-11,13H2,1H3,(H,21,26). The summed E-state index contributed by atoms with van der Waals surface area (Å²) in [6.07, 6.45) is 4.49. The van der Waals surface area contributed by atoms with E-state index in [9.17, 15) is 14.4 Å². The molecule has 0 unspecified atom stereocenters. The molecule has 0 aromatic heterocycles. The van der Waals surface area contributed by atoms with Gasteiger partial charge in [0.05, 0.1) is 0 Å². The molecular weight excluding hydrogens is 354 g/mol. The predicted octanol–water partition coefficient (Wildman–Crippen LogP) is 2.94. The zero-order valence-corrected chi connectivity index (χ0v) is 15.7. The maximum absolute atomic E-state index is 12.7. The Morgan fingerprint density at radius 3 is 2.69 bits per heavy atom. The van der Waals surface area contributed by atoms with Crippen molar-refractivity contribution in [3.05, 3.63) is 34.9 Å². The molecule has 1 saturated carbocycles. The molecule has 7 heteroatoms. The van der Waals surface area contributed by atoms with Gasteiger partial charge in [-0.05, 0) is 30.5 Å². The van der Waals surface area contributed by atoms with Crippen molar-refractivity contribution in [2.75, 3.05) is 13.6 Å². The van der Waals surface area contributed by atoms with Crippen molar-refractivity contribution in [1.82, 2.24) is 15.1 Å². The zero-order valence-electron chi connectivity index (χ0n) is 15.0. The first kappa shape index (κ1) is 18.7. The van der Waals surface area contributed by atoms with E-state index < -0.39 is 5.54 Å². The van der Waals surface area contributed by atoms with Gasteiger partial charge in [-0.1, -0.05) is 43.0 Å². The molecule has 6 nitrogen and oxygen atoms in total. The van der Waals surface area contributed by atoms with E-state index in [2.05, 4.69) is 5.32 Å². The van der Waals surface area contributed by atoms with E-state index in [0.29, 0.717) is 24.4 Å². The molecule has 4 amide bonds. The summed E-state index contributed by atoms with van der Waals surface area (Å²) in [6, 6.07) is 6.97. The van der Waals surface area contributed by atoms with Crippen LogP contribution in [0, 0.1) is 0 Å². The van der Waals surface area contributed by atoms with Crippen LogP contribution in [0.1, 0.15) is 44.1 Å². The molecule has 2 aliphatic rings. The highest BCUT2D eigenvalue weighted by atomic mass is 35.5. The second kappa shape index (κ2) is 7.66. The molecule has 1 saturated heterocycles. The van der Waals surface area contributed by atoms with Crippen molar-refractivity contribution in [3.8, 4) is 0 Å². The quantitative estimate of drug-likeness (QED) is 0.802. The van der Waals surface area contributed by atoms with Gasteiger partial charge in [-0.3, -0.25) is 14.5 Å². The number of nitrogens with one attached hydrogen (secondary N) is 1. The van der Waals surface area contributed by atoms with Crippen molar-refractivity contribution in [2.24, 2.45) is 0 Å². The highest BCUT2D eigenvalue weighted by Gasteiger charge is 2.51. The number of nitrogens with zero attached hydrogens (tertiary/aromatic N) is 2. The van der Waals surface area contributed by atoms with Crippen LogP contribution >= 0.6 is 11.6 Å². The van der Waals surface area contributed by atoms with Crippen LogP contribution < -0.4 is 5.32 Å². The average Bonchev–Trinajstić information content (AvgIpc) is 2.83. The molecule has 1 aromatic rings. The van der Waals surface area contributed by atoms with E-state index in [4.69, 9.17) is 11.6 Å². The minimum atomic E-state index is -0.731. The molecule has 1 aromatic carbocycles. The third kappa shape index (κ3) is 3.85. The predicted molar refractivity (Wildman–Crippen MR) is 98.6 cm³/mol. The lowest BCUT2D eigenvalue weighted by atomic mass is 9.82. The highest BCUT2D eigenvalue weighted by Crippen LogP contribution is 2.33. The average molecular weight is 378 g/mol. The summed E-state index contributed by atoms with van der Waals surface area (Å²) in [4.78, 5) is 40.1. The van der Waals surface area contributed by atoms with E-state index in [-0.39, 0.29) is 30.8 Å². The van der Waals surface area contributed by atoms with Gasteiger partial charge in [0.2, 0.25) is 5.91 Å². The first-order valence-corrected chi connectivity index (χ1v) is 9.42. The summed E-state index contributed by atoms with van der Waals surface area (Å²) in [7, 11) is 1.71. The number of imide groups is 1. The van der Waals surface area contributed by atoms with Crippen LogP contribution in [0.15, 0.2) is 24.3 Å². The number of carbonyl (C=O) groups excluding carboxylic acids is 3. The van der Waals surface area contributed by atoms with Gasteiger partial charge in [-0.15, -0.1) is 0 Å². The highest BCUT2D eigenvalue weighted by molar-refractivity contribution is 6.30. The van der Waals surface area contributed by atoms with E-state index in [1.807, 2.05) is 18.2 Å². The third-order valence-corrected chi connectivity index (χ3v) is 5.47. The summed E-state index contributed by atoms with van der Waals surface area (Å²) in [5, 5.41) is 3.49. The van der Waals surface area contributed by atoms with Crippen LogP contribution in [0.5, 0.6) is 0 Å². The van der Waals surface area contributed by atoms with Crippen LogP contribution in [0.2, 0.25) is 5.02 Å². The van der Waals surface area contributed by atoms with Crippen LogP contribution in [-0.2, 0) is 16.1 Å². The van der Waals surface area contributed by atoms with Gasteiger partial charge in [0, 0.05) is 31.6 Å². The monoisotopic (exact) mass is 377 g/mol. The van der Waals surface area contributed by atoms with Gasteiger partial charge < -0.3 is 10.2 Å². The fourth-order valence-electron chi connectivity index (χ4n) is 3.77. The molecule has 140 valence electrons. The van der Waals surface area contributed by atoms with E-state index in [1.54, 1.807) is 18.0 Å². The van der Waals surface area contributed by atoms with Gasteiger partial charge in [0.25, 0.3) is 5.91 Å². The molecule has 0 radical (unpaired) electrons. The van der Waals surface area contributed by atoms with Gasteiger partial charge >= 0.3 is 6.03 Å². The molecule has 1 aliphatic carbocycles. The summed E-state index contributed by atoms with van der Waals surface area (Å²) >= 11 is 5.97. The number of hydrogen-bond donors (Lipinski definition) is 1. The molecule has 0 bridgehead atoms. The Morgan fingerprint density at radius 2 is 2.00 bits per heavy atom. The normalized spacial score (nSPS) is 18.9. The van der Waals surface area contributed by atoms with Crippen LogP contribution in [0.4, 0.5) is 4.79 Å². The summed E-state index contributed by atoms with van der Waals surface area (Å²) in [6.45, 7) is 0.550. The molecule has 2 fully saturated rings. The minimum Gasteiger partial charge on any atom is -0.341 e. The fourth-order valence-corrected chi connectivity index (χ4v) is 3.98. The summed E-state index contributed by atoms with van der Waals surface area (Å²) in [5.41, 5.74) is 0.204. The first-order chi connectivity index (χ1) is 12.4. The molecular formula is C19H24ClN3O3. The Morgan fingerprint density at radius 1 is 1.27 bits per heavy atom. The number of carbonyl (C=O) groups is 3. The van der Waals surface area contributed by atoms with Gasteiger partial charge in [0.15, 0.2) is 0 Å². The van der Waals surface area contributed by atoms with Crippen LogP contribution in [0.3, 0.4) is 0 Å². The number of hydrogen-bond acceptors (Lipinski definition) is 3. The number of benzene rings is 1. The molecule has 1 heterocycles. The van der Waals surface area contributed by atoms with E-state index >= 15 is 0 Å². The zero-order chi connectivity index (χ0) is 18.7. The maximum Gasteiger partial charge on any atom is 0.325 e. The Labute approximate surface area is 158 Å². The lowest BCUT2D eigenvalue weighted by Gasteiger charge is -2.30. The van der Waals surface area contributed by atoms with Crippen molar-refractivity contribution in [2.45, 2.75) is 50.6 Å². The van der Waals surface area contributed by atoms with Crippen molar-refractivity contribution >= 4 is 29.4 Å². The summed E-state index contributed by atoms with van der Waals surface area (Å²) < 4.78 is 0. The Balaban J connectivity index is 1.55. The smallest absolute Gasteiger partial charge is 0.325 e. The number of urea groups is 1. The number of amides is 4. The van der Waals surface area contributed by atoms with Crippen LogP contribution in [0.25, 0.3) is 0 Å². The topological polar surface area (TPSA) is 69.7 Å². The SMILES string of the molecule is CN(Cc1cccc(Cl)c1)C(=O)CCN1C(=O)NC2(CCCCC2)C1=O. The molecule has 3 rings (SSSR count). The van der Waals surface area contributed by atoms with Gasteiger partial charge in [0.1, 0.15) is 5.54 Å².